The number of nitrogens with zero attached hydrogens (tertiary/aromatic N) is 3. The summed E-state index contributed by atoms with van der Waals surface area (Å²) in [7, 11) is 0. The first kappa shape index (κ1) is 10.7. The number of hydrogen-bond acceptors (Lipinski definition) is 5. The summed E-state index contributed by atoms with van der Waals surface area (Å²) in [4.78, 5) is 13.4. The number of hydrogen-bond donors (Lipinski definition) is 1. The molecule has 2 heterocycles. The molecule has 3 rings (SSSR count). The van der Waals surface area contributed by atoms with Crippen LogP contribution in [-0.2, 0) is 0 Å². The summed E-state index contributed by atoms with van der Waals surface area (Å²) < 4.78 is 0. The van der Waals surface area contributed by atoms with Gasteiger partial charge in [-0.1, -0.05) is 0 Å². The second kappa shape index (κ2) is 4.41. The molecule has 0 spiro atoms. The van der Waals surface area contributed by atoms with E-state index in [9.17, 15) is 0 Å². The van der Waals surface area contributed by atoms with Crippen molar-refractivity contribution in [2.45, 2.75) is 25.7 Å². The molecule has 1 aliphatic carbocycles. The summed E-state index contributed by atoms with van der Waals surface area (Å²) in [6, 6.07) is 2.07. The number of aromatic nitrogens is 3. The van der Waals surface area contributed by atoms with Gasteiger partial charge in [-0.25, -0.2) is 15.0 Å². The summed E-state index contributed by atoms with van der Waals surface area (Å²) in [5, 5.41) is 5.25. The first-order valence-electron chi connectivity index (χ1n) is 5.88. The van der Waals surface area contributed by atoms with Crippen molar-refractivity contribution in [3.05, 3.63) is 22.7 Å². The zero-order chi connectivity index (χ0) is 11.7. The highest BCUT2D eigenvalue weighted by molar-refractivity contribution is 7.07. The average Bonchev–Trinajstić information content (AvgIpc) is 3.05. The molecule has 1 saturated carbocycles. The van der Waals surface area contributed by atoms with E-state index in [0.717, 1.165) is 29.6 Å². The minimum atomic E-state index is 0.632. The monoisotopic (exact) mass is 246 g/mol. The molecule has 0 saturated heterocycles. The Morgan fingerprint density at radius 3 is 2.94 bits per heavy atom. The zero-order valence-electron chi connectivity index (χ0n) is 9.68. The smallest absolute Gasteiger partial charge is 0.181 e. The van der Waals surface area contributed by atoms with Gasteiger partial charge in [0.2, 0.25) is 0 Å². The van der Waals surface area contributed by atoms with Gasteiger partial charge in [0, 0.05) is 29.6 Å². The van der Waals surface area contributed by atoms with Crippen LogP contribution in [-0.4, -0.2) is 21.5 Å². The van der Waals surface area contributed by atoms with Gasteiger partial charge in [-0.2, -0.15) is 0 Å². The maximum atomic E-state index is 4.61. The highest BCUT2D eigenvalue weighted by Crippen LogP contribution is 2.40. The Bertz CT molecular complexity index is 505. The van der Waals surface area contributed by atoms with Gasteiger partial charge in [0.05, 0.1) is 5.51 Å². The fourth-order valence-corrected chi connectivity index (χ4v) is 2.29. The van der Waals surface area contributed by atoms with Crippen LogP contribution in [0.2, 0.25) is 0 Å². The van der Waals surface area contributed by atoms with E-state index < -0.39 is 0 Å². The summed E-state index contributed by atoms with van der Waals surface area (Å²) in [6.45, 7) is 2.94. The van der Waals surface area contributed by atoms with E-state index in [1.54, 1.807) is 11.3 Å². The highest BCUT2D eigenvalue weighted by Gasteiger charge is 2.26. The van der Waals surface area contributed by atoms with Crippen LogP contribution in [0.25, 0.3) is 11.5 Å². The van der Waals surface area contributed by atoms with E-state index in [-0.39, 0.29) is 0 Å². The van der Waals surface area contributed by atoms with Crippen molar-refractivity contribution in [1.29, 1.82) is 0 Å². The highest BCUT2D eigenvalue weighted by atomic mass is 32.1. The number of nitrogens with one attached hydrogen (secondary N) is 1. The SMILES string of the molecule is CCNc1cc(C2CC2)nc(-c2cscn2)n1. The number of rotatable bonds is 4. The van der Waals surface area contributed by atoms with E-state index in [0.29, 0.717) is 5.92 Å². The van der Waals surface area contributed by atoms with Crippen LogP contribution >= 0.6 is 11.3 Å². The van der Waals surface area contributed by atoms with Gasteiger partial charge in [0.15, 0.2) is 5.82 Å². The van der Waals surface area contributed by atoms with Crippen molar-refractivity contribution in [2.24, 2.45) is 0 Å². The molecule has 0 unspecified atom stereocenters. The van der Waals surface area contributed by atoms with Gasteiger partial charge in [0.25, 0.3) is 0 Å². The molecule has 5 heteroatoms. The predicted molar refractivity (Wildman–Crippen MR) is 69.3 cm³/mol. The van der Waals surface area contributed by atoms with Crippen LogP contribution < -0.4 is 5.32 Å². The quantitative estimate of drug-likeness (QED) is 0.901. The molecule has 0 aromatic carbocycles. The van der Waals surface area contributed by atoms with Crippen molar-refractivity contribution in [3.8, 4) is 11.5 Å². The second-order valence-corrected chi connectivity index (χ2v) is 4.90. The lowest BCUT2D eigenvalue weighted by Crippen LogP contribution is -2.03. The lowest BCUT2D eigenvalue weighted by Gasteiger charge is -2.07. The van der Waals surface area contributed by atoms with Crippen LogP contribution in [0.15, 0.2) is 17.0 Å². The van der Waals surface area contributed by atoms with E-state index in [1.807, 2.05) is 10.9 Å². The van der Waals surface area contributed by atoms with Gasteiger partial charge in [-0.3, -0.25) is 0 Å². The minimum absolute atomic E-state index is 0.632. The average molecular weight is 246 g/mol. The first-order valence-corrected chi connectivity index (χ1v) is 6.82. The van der Waals surface area contributed by atoms with Crippen molar-refractivity contribution in [2.75, 3.05) is 11.9 Å². The summed E-state index contributed by atoms with van der Waals surface area (Å²) >= 11 is 1.57. The normalized spacial score (nSPS) is 14.9. The van der Waals surface area contributed by atoms with Crippen molar-refractivity contribution < 1.29 is 0 Å². The van der Waals surface area contributed by atoms with Crippen LogP contribution in [0, 0.1) is 0 Å². The van der Waals surface area contributed by atoms with Crippen LogP contribution in [0.3, 0.4) is 0 Å². The standard InChI is InChI=1S/C12H14N4S/c1-2-13-11-5-9(8-3-4-8)15-12(16-11)10-6-17-7-14-10/h5-8H,2-4H2,1H3,(H,13,15,16). The lowest BCUT2D eigenvalue weighted by molar-refractivity contribution is 0.984. The largest absolute Gasteiger partial charge is 0.370 e. The van der Waals surface area contributed by atoms with Gasteiger partial charge >= 0.3 is 0 Å². The molecule has 0 atom stereocenters. The molecule has 4 nitrogen and oxygen atoms in total. The maximum Gasteiger partial charge on any atom is 0.181 e. The molecular weight excluding hydrogens is 232 g/mol. The number of thiazole rings is 1. The van der Waals surface area contributed by atoms with Crippen LogP contribution in [0.4, 0.5) is 5.82 Å². The fourth-order valence-electron chi connectivity index (χ4n) is 1.76. The minimum Gasteiger partial charge on any atom is -0.370 e. The molecule has 88 valence electrons. The Kier molecular flexibility index (Phi) is 2.76. The first-order chi connectivity index (χ1) is 8.36. The van der Waals surface area contributed by atoms with Crippen molar-refractivity contribution in [3.63, 3.8) is 0 Å². The molecule has 2 aromatic rings. The molecule has 0 radical (unpaired) electrons. The summed E-state index contributed by atoms with van der Waals surface area (Å²) in [5.41, 5.74) is 3.84. The third kappa shape index (κ3) is 2.29. The zero-order valence-corrected chi connectivity index (χ0v) is 10.5. The Labute approximate surface area is 104 Å². The van der Waals surface area contributed by atoms with Crippen LogP contribution in [0.1, 0.15) is 31.4 Å². The molecule has 0 amide bonds. The Morgan fingerprint density at radius 2 is 2.29 bits per heavy atom. The second-order valence-electron chi connectivity index (χ2n) is 4.18. The predicted octanol–water partition coefficient (Wildman–Crippen LogP) is 2.91. The molecule has 0 bridgehead atoms. The van der Waals surface area contributed by atoms with Gasteiger partial charge in [-0.15, -0.1) is 11.3 Å². The maximum absolute atomic E-state index is 4.61. The molecule has 0 aliphatic heterocycles. The lowest BCUT2D eigenvalue weighted by atomic mass is 10.2. The fraction of sp³-hybridized carbons (Fsp3) is 0.417. The molecule has 1 N–H and O–H groups in total. The van der Waals surface area contributed by atoms with E-state index in [4.69, 9.17) is 0 Å². The molecule has 1 aliphatic rings. The van der Waals surface area contributed by atoms with E-state index >= 15 is 0 Å². The molecule has 1 fully saturated rings. The van der Waals surface area contributed by atoms with E-state index in [1.165, 1.54) is 12.8 Å². The topological polar surface area (TPSA) is 50.7 Å². The molecule has 17 heavy (non-hydrogen) atoms. The Morgan fingerprint density at radius 1 is 1.41 bits per heavy atom. The van der Waals surface area contributed by atoms with Crippen LogP contribution in [0.5, 0.6) is 0 Å². The molecule has 2 aromatic heterocycles. The Balaban J connectivity index is 2.01. The van der Waals surface area contributed by atoms with Crippen molar-refractivity contribution in [1.82, 2.24) is 15.0 Å². The summed E-state index contributed by atoms with van der Waals surface area (Å²) in [6.07, 6.45) is 2.50. The van der Waals surface area contributed by atoms with Gasteiger partial charge < -0.3 is 5.32 Å². The van der Waals surface area contributed by atoms with Crippen molar-refractivity contribution >= 4 is 17.2 Å². The Hall–Kier alpha value is -1.49. The third-order valence-electron chi connectivity index (χ3n) is 2.76. The van der Waals surface area contributed by atoms with E-state index in [2.05, 4.69) is 33.3 Å². The summed E-state index contributed by atoms with van der Waals surface area (Å²) in [5.74, 6) is 2.28. The third-order valence-corrected chi connectivity index (χ3v) is 3.35. The number of anilines is 1. The van der Waals surface area contributed by atoms with Gasteiger partial charge in [0.1, 0.15) is 11.5 Å². The molecular formula is C12H14N4S. The van der Waals surface area contributed by atoms with Gasteiger partial charge in [-0.05, 0) is 19.8 Å².